The first-order chi connectivity index (χ1) is 9.48. The molecule has 4 nitrogen and oxygen atoms in total. The highest BCUT2D eigenvalue weighted by Gasteiger charge is 2.29. The van der Waals surface area contributed by atoms with E-state index < -0.39 is 12.8 Å². The van der Waals surface area contributed by atoms with Crippen LogP contribution in [0.1, 0.15) is 5.56 Å². The number of para-hydroxylation sites is 1. The fourth-order valence-corrected chi connectivity index (χ4v) is 1.58. The van der Waals surface area contributed by atoms with Crippen LogP contribution in [-0.4, -0.2) is 40.2 Å². The van der Waals surface area contributed by atoms with Gasteiger partial charge >= 0.3 is 6.18 Å². The van der Waals surface area contributed by atoms with E-state index >= 15 is 0 Å². The van der Waals surface area contributed by atoms with Crippen molar-refractivity contribution < 1.29 is 27.4 Å². The van der Waals surface area contributed by atoms with E-state index in [2.05, 4.69) is 5.32 Å². The number of hydrogen-bond donors (Lipinski definition) is 1. The maximum atomic E-state index is 12.3. The van der Waals surface area contributed by atoms with Gasteiger partial charge in [0, 0.05) is 25.8 Å². The highest BCUT2D eigenvalue weighted by Crippen LogP contribution is 2.32. The average molecular weight is 293 g/mol. The van der Waals surface area contributed by atoms with E-state index in [4.69, 9.17) is 14.2 Å². The lowest BCUT2D eigenvalue weighted by molar-refractivity contribution is -0.153. The largest absolute Gasteiger partial charge is 0.493 e. The Balaban J connectivity index is 2.76. The van der Waals surface area contributed by atoms with Crippen LogP contribution in [0.4, 0.5) is 13.2 Å². The van der Waals surface area contributed by atoms with E-state index in [9.17, 15) is 13.2 Å². The molecule has 1 aromatic rings. The number of halogens is 3. The van der Waals surface area contributed by atoms with Crippen molar-refractivity contribution in [2.75, 3.05) is 34.0 Å². The van der Waals surface area contributed by atoms with Crippen molar-refractivity contribution in [2.24, 2.45) is 0 Å². The molecule has 20 heavy (non-hydrogen) atoms. The summed E-state index contributed by atoms with van der Waals surface area (Å²) in [5.74, 6) is 0.387. The molecular formula is C13H18F3NO3. The zero-order valence-electron chi connectivity index (χ0n) is 11.4. The van der Waals surface area contributed by atoms with Crippen molar-refractivity contribution in [3.63, 3.8) is 0 Å². The van der Waals surface area contributed by atoms with Crippen molar-refractivity contribution in [2.45, 2.75) is 12.7 Å². The van der Waals surface area contributed by atoms with Gasteiger partial charge < -0.3 is 19.5 Å². The molecule has 0 atom stereocenters. The highest BCUT2D eigenvalue weighted by atomic mass is 19.4. The van der Waals surface area contributed by atoms with E-state index in [1.807, 2.05) is 0 Å². The van der Waals surface area contributed by atoms with Crippen molar-refractivity contribution in [3.8, 4) is 11.5 Å². The molecule has 1 rings (SSSR count). The summed E-state index contributed by atoms with van der Waals surface area (Å²) < 4.78 is 51.6. The van der Waals surface area contributed by atoms with Gasteiger partial charge in [-0.2, -0.15) is 13.2 Å². The summed E-state index contributed by atoms with van der Waals surface area (Å²) in [6, 6.07) is 4.95. The number of benzene rings is 1. The summed E-state index contributed by atoms with van der Waals surface area (Å²) >= 11 is 0. The van der Waals surface area contributed by atoms with Crippen LogP contribution >= 0.6 is 0 Å². The normalized spacial score (nSPS) is 11.4. The summed E-state index contributed by atoms with van der Waals surface area (Å²) in [7, 11) is 2.96. The molecular weight excluding hydrogens is 275 g/mol. The molecule has 0 aromatic heterocycles. The van der Waals surface area contributed by atoms with Gasteiger partial charge in [0.15, 0.2) is 18.1 Å². The Hall–Kier alpha value is -1.47. The molecule has 0 aliphatic rings. The van der Waals surface area contributed by atoms with Crippen LogP contribution in [0.15, 0.2) is 18.2 Å². The van der Waals surface area contributed by atoms with Crippen molar-refractivity contribution >= 4 is 0 Å². The van der Waals surface area contributed by atoms with E-state index in [1.54, 1.807) is 25.3 Å². The Bertz CT molecular complexity index is 410. The molecule has 0 unspecified atom stereocenters. The first-order valence-electron chi connectivity index (χ1n) is 6.03. The lowest BCUT2D eigenvalue weighted by atomic mass is 10.2. The Kier molecular flexibility index (Phi) is 6.60. The van der Waals surface area contributed by atoms with Crippen LogP contribution in [0.5, 0.6) is 11.5 Å². The van der Waals surface area contributed by atoms with Crippen molar-refractivity contribution in [3.05, 3.63) is 23.8 Å². The number of ether oxygens (including phenoxy) is 3. The second-order valence-electron chi connectivity index (χ2n) is 4.02. The van der Waals surface area contributed by atoms with Gasteiger partial charge in [0.25, 0.3) is 0 Å². The second-order valence-corrected chi connectivity index (χ2v) is 4.02. The minimum absolute atomic E-state index is 0.109. The third kappa shape index (κ3) is 5.66. The molecule has 0 aliphatic carbocycles. The summed E-state index contributed by atoms with van der Waals surface area (Å²) in [4.78, 5) is 0. The number of methoxy groups -OCH3 is 2. The van der Waals surface area contributed by atoms with Crippen LogP contribution in [0, 0.1) is 0 Å². The van der Waals surface area contributed by atoms with Crippen LogP contribution in [-0.2, 0) is 11.3 Å². The summed E-state index contributed by atoms with van der Waals surface area (Å²) in [5.41, 5.74) is 0.602. The monoisotopic (exact) mass is 293 g/mol. The van der Waals surface area contributed by atoms with E-state index in [0.29, 0.717) is 25.3 Å². The molecule has 0 saturated heterocycles. The molecule has 0 aliphatic heterocycles. The molecule has 1 aromatic carbocycles. The fraction of sp³-hybridized carbons (Fsp3) is 0.538. The summed E-state index contributed by atoms with van der Waals surface area (Å²) in [6.07, 6.45) is -4.39. The Labute approximate surface area is 115 Å². The molecule has 0 bridgehead atoms. The number of nitrogens with one attached hydrogen (secondary N) is 1. The maximum Gasteiger partial charge on any atom is 0.422 e. The quantitative estimate of drug-likeness (QED) is 0.747. The topological polar surface area (TPSA) is 39.7 Å². The van der Waals surface area contributed by atoms with Crippen LogP contribution in [0.2, 0.25) is 0 Å². The molecule has 1 N–H and O–H groups in total. The zero-order chi connectivity index (χ0) is 15.0. The minimum atomic E-state index is -4.39. The van der Waals surface area contributed by atoms with Gasteiger partial charge in [-0.1, -0.05) is 12.1 Å². The molecule has 0 spiro atoms. The molecule has 0 fully saturated rings. The first kappa shape index (κ1) is 16.6. The molecule has 0 heterocycles. The Morgan fingerprint density at radius 1 is 1.20 bits per heavy atom. The lowest BCUT2D eigenvalue weighted by Gasteiger charge is -2.16. The number of rotatable bonds is 8. The van der Waals surface area contributed by atoms with Gasteiger partial charge in [0.2, 0.25) is 0 Å². The first-order valence-corrected chi connectivity index (χ1v) is 6.03. The molecule has 7 heteroatoms. The smallest absolute Gasteiger partial charge is 0.422 e. The van der Waals surface area contributed by atoms with Crippen LogP contribution < -0.4 is 14.8 Å². The molecule has 0 saturated carbocycles. The van der Waals surface area contributed by atoms with Gasteiger partial charge in [-0.05, 0) is 6.07 Å². The Morgan fingerprint density at radius 3 is 2.55 bits per heavy atom. The summed E-state index contributed by atoms with van der Waals surface area (Å²) in [6.45, 7) is 0.126. The van der Waals surface area contributed by atoms with Crippen LogP contribution in [0.25, 0.3) is 0 Å². The van der Waals surface area contributed by atoms with Gasteiger partial charge in [-0.15, -0.1) is 0 Å². The molecule has 0 radical (unpaired) electrons. The predicted octanol–water partition coefficient (Wildman–Crippen LogP) is 2.37. The predicted molar refractivity (Wildman–Crippen MR) is 68.1 cm³/mol. The fourth-order valence-electron chi connectivity index (χ4n) is 1.58. The minimum Gasteiger partial charge on any atom is -0.493 e. The third-order valence-corrected chi connectivity index (χ3v) is 2.46. The highest BCUT2D eigenvalue weighted by molar-refractivity contribution is 5.46. The van der Waals surface area contributed by atoms with E-state index in [1.165, 1.54) is 7.11 Å². The number of alkyl halides is 3. The van der Waals surface area contributed by atoms with E-state index in [-0.39, 0.29) is 11.5 Å². The second kappa shape index (κ2) is 7.96. The summed E-state index contributed by atoms with van der Waals surface area (Å²) in [5, 5.41) is 3.05. The van der Waals surface area contributed by atoms with Gasteiger partial charge in [0.1, 0.15) is 0 Å². The van der Waals surface area contributed by atoms with Gasteiger partial charge in [-0.25, -0.2) is 0 Å². The third-order valence-electron chi connectivity index (χ3n) is 2.46. The average Bonchev–Trinajstić information content (AvgIpc) is 2.40. The molecule has 114 valence electrons. The van der Waals surface area contributed by atoms with Gasteiger partial charge in [-0.3, -0.25) is 0 Å². The molecule has 0 amide bonds. The SMILES string of the molecule is COCCNCc1cccc(OC)c1OCC(F)(F)F. The van der Waals surface area contributed by atoms with Crippen molar-refractivity contribution in [1.29, 1.82) is 0 Å². The maximum absolute atomic E-state index is 12.3. The lowest BCUT2D eigenvalue weighted by Crippen LogP contribution is -2.22. The van der Waals surface area contributed by atoms with Crippen molar-refractivity contribution in [1.82, 2.24) is 5.32 Å². The van der Waals surface area contributed by atoms with E-state index in [0.717, 1.165) is 0 Å². The standard InChI is InChI=1S/C13H18F3NO3/c1-18-7-6-17-8-10-4-3-5-11(19-2)12(10)20-9-13(14,15)16/h3-5,17H,6-9H2,1-2H3. The van der Waals surface area contributed by atoms with Crippen LogP contribution in [0.3, 0.4) is 0 Å². The number of hydrogen-bond acceptors (Lipinski definition) is 4. The zero-order valence-corrected chi connectivity index (χ0v) is 11.4. The van der Waals surface area contributed by atoms with Gasteiger partial charge in [0.05, 0.1) is 13.7 Å². The Morgan fingerprint density at radius 2 is 1.95 bits per heavy atom.